The van der Waals surface area contributed by atoms with Gasteiger partial charge in [-0.1, -0.05) is 24.3 Å². The molecule has 4 rings (SSSR count). The first-order valence-corrected chi connectivity index (χ1v) is 8.41. The fraction of sp³-hybridized carbons (Fsp3) is 0.611. The molecule has 4 nitrogen and oxygen atoms in total. The van der Waals surface area contributed by atoms with E-state index in [1.807, 2.05) is 7.05 Å². The summed E-state index contributed by atoms with van der Waals surface area (Å²) in [4.78, 5) is 6.92. The van der Waals surface area contributed by atoms with E-state index in [1.54, 1.807) is 0 Å². The minimum absolute atomic E-state index is 0.390. The Labute approximate surface area is 132 Å². The molecule has 22 heavy (non-hydrogen) atoms. The van der Waals surface area contributed by atoms with Crippen LogP contribution in [0.5, 0.6) is 0 Å². The molecule has 1 aliphatic carbocycles. The number of aliphatic imine (C=N–C) groups is 1. The number of hydrogen-bond acceptors (Lipinski definition) is 2. The summed E-state index contributed by atoms with van der Waals surface area (Å²) in [5, 5.41) is 3.60. The third-order valence-electron chi connectivity index (χ3n) is 5.60. The number of benzene rings is 1. The first-order valence-electron chi connectivity index (χ1n) is 8.41. The van der Waals surface area contributed by atoms with Crippen LogP contribution in [0.3, 0.4) is 0 Å². The van der Waals surface area contributed by atoms with Crippen molar-refractivity contribution in [1.82, 2.24) is 10.2 Å². The third kappa shape index (κ3) is 2.39. The van der Waals surface area contributed by atoms with E-state index in [1.165, 1.54) is 30.4 Å². The maximum atomic E-state index is 5.62. The summed E-state index contributed by atoms with van der Waals surface area (Å²) in [6.45, 7) is 5.04. The Kier molecular flexibility index (Phi) is 3.57. The van der Waals surface area contributed by atoms with Crippen LogP contribution in [0.15, 0.2) is 29.3 Å². The summed E-state index contributed by atoms with van der Waals surface area (Å²) >= 11 is 0. The van der Waals surface area contributed by atoms with Crippen molar-refractivity contribution in [3.63, 3.8) is 0 Å². The van der Waals surface area contributed by atoms with Gasteiger partial charge in [0.25, 0.3) is 0 Å². The zero-order valence-corrected chi connectivity index (χ0v) is 13.3. The van der Waals surface area contributed by atoms with Gasteiger partial charge >= 0.3 is 0 Å². The molecule has 0 amide bonds. The van der Waals surface area contributed by atoms with E-state index in [0.29, 0.717) is 11.3 Å². The first-order chi connectivity index (χ1) is 10.8. The van der Waals surface area contributed by atoms with Crippen LogP contribution in [0.2, 0.25) is 0 Å². The smallest absolute Gasteiger partial charge is 0.193 e. The topological polar surface area (TPSA) is 36.9 Å². The molecule has 2 saturated heterocycles. The number of guanidine groups is 1. The summed E-state index contributed by atoms with van der Waals surface area (Å²) in [6.07, 6.45) is 3.63. The Balaban J connectivity index is 1.34. The predicted octanol–water partition coefficient (Wildman–Crippen LogP) is 2.01. The molecule has 1 aromatic carbocycles. The average Bonchev–Trinajstić information content (AvgIpc) is 3.15. The van der Waals surface area contributed by atoms with Crippen LogP contribution in [0.4, 0.5) is 0 Å². The van der Waals surface area contributed by atoms with Crippen molar-refractivity contribution in [2.45, 2.75) is 25.2 Å². The van der Waals surface area contributed by atoms with Gasteiger partial charge in [0.05, 0.1) is 6.61 Å². The average molecular weight is 299 g/mol. The van der Waals surface area contributed by atoms with E-state index in [9.17, 15) is 0 Å². The number of fused-ring (bicyclic) bond motifs is 1. The normalized spacial score (nSPS) is 30.5. The molecule has 2 heterocycles. The van der Waals surface area contributed by atoms with Crippen molar-refractivity contribution in [3.05, 3.63) is 35.4 Å². The predicted molar refractivity (Wildman–Crippen MR) is 88.3 cm³/mol. The molecule has 2 fully saturated rings. The number of nitrogens with one attached hydrogen (secondary N) is 1. The molecule has 2 atom stereocenters. The molecule has 0 aromatic heterocycles. The van der Waals surface area contributed by atoms with E-state index in [4.69, 9.17) is 4.74 Å². The van der Waals surface area contributed by atoms with Crippen molar-refractivity contribution < 1.29 is 4.74 Å². The van der Waals surface area contributed by atoms with Gasteiger partial charge in [0.15, 0.2) is 5.96 Å². The quantitative estimate of drug-likeness (QED) is 0.670. The van der Waals surface area contributed by atoms with Crippen molar-refractivity contribution in [3.8, 4) is 0 Å². The highest BCUT2D eigenvalue weighted by molar-refractivity contribution is 5.80. The maximum absolute atomic E-state index is 5.62. The largest absolute Gasteiger partial charge is 0.381 e. The molecule has 2 aliphatic heterocycles. The van der Waals surface area contributed by atoms with Gasteiger partial charge in [-0.05, 0) is 30.4 Å². The summed E-state index contributed by atoms with van der Waals surface area (Å²) in [5.41, 5.74) is 3.40. The minimum Gasteiger partial charge on any atom is -0.381 e. The minimum atomic E-state index is 0.390. The van der Waals surface area contributed by atoms with Crippen LogP contribution in [-0.2, 0) is 11.2 Å². The molecule has 1 spiro atoms. The highest BCUT2D eigenvalue weighted by Crippen LogP contribution is 2.38. The second-order valence-electron chi connectivity index (χ2n) is 7.00. The number of hydrogen-bond donors (Lipinski definition) is 1. The highest BCUT2D eigenvalue weighted by atomic mass is 16.5. The van der Waals surface area contributed by atoms with Crippen molar-refractivity contribution >= 4 is 5.96 Å². The molecule has 3 aliphatic rings. The number of rotatable bonds is 2. The van der Waals surface area contributed by atoms with Crippen LogP contribution in [-0.4, -0.2) is 50.8 Å². The molecule has 4 heteroatoms. The van der Waals surface area contributed by atoms with Gasteiger partial charge in [-0.2, -0.15) is 0 Å². The Morgan fingerprint density at radius 3 is 3.09 bits per heavy atom. The van der Waals surface area contributed by atoms with Crippen molar-refractivity contribution in [1.29, 1.82) is 0 Å². The van der Waals surface area contributed by atoms with E-state index in [-0.39, 0.29) is 0 Å². The monoisotopic (exact) mass is 299 g/mol. The fourth-order valence-electron chi connectivity index (χ4n) is 4.18. The molecule has 1 N–H and O–H groups in total. The zero-order valence-electron chi connectivity index (χ0n) is 13.3. The lowest BCUT2D eigenvalue weighted by Crippen LogP contribution is -2.44. The Morgan fingerprint density at radius 1 is 1.41 bits per heavy atom. The lowest BCUT2D eigenvalue weighted by molar-refractivity contribution is 0.156. The standard InChI is InChI=1S/C18H25N3O/c1-19-17(21-8-6-18(12-21)7-9-22-13-18)20-11-15-10-14-4-2-3-5-16(14)15/h2-5,15H,6-13H2,1H3,(H,19,20). The van der Waals surface area contributed by atoms with Crippen molar-refractivity contribution in [2.24, 2.45) is 10.4 Å². The summed E-state index contributed by atoms with van der Waals surface area (Å²) in [6, 6.07) is 8.78. The van der Waals surface area contributed by atoms with Crippen LogP contribution < -0.4 is 5.32 Å². The lowest BCUT2D eigenvalue weighted by Gasteiger charge is -2.32. The number of ether oxygens (including phenoxy) is 1. The lowest BCUT2D eigenvalue weighted by atomic mass is 9.78. The summed E-state index contributed by atoms with van der Waals surface area (Å²) in [7, 11) is 1.90. The van der Waals surface area contributed by atoms with Gasteiger partial charge in [0.1, 0.15) is 0 Å². The molecular weight excluding hydrogens is 274 g/mol. The van der Waals surface area contributed by atoms with Gasteiger partial charge in [-0.25, -0.2) is 0 Å². The Morgan fingerprint density at radius 2 is 2.32 bits per heavy atom. The van der Waals surface area contributed by atoms with Crippen LogP contribution in [0.25, 0.3) is 0 Å². The van der Waals surface area contributed by atoms with Crippen LogP contribution in [0, 0.1) is 5.41 Å². The van der Waals surface area contributed by atoms with Crippen molar-refractivity contribution in [2.75, 3.05) is 39.9 Å². The second-order valence-corrected chi connectivity index (χ2v) is 7.00. The summed E-state index contributed by atoms with van der Waals surface area (Å²) in [5.74, 6) is 1.70. The SMILES string of the molecule is CN=C(NCC1Cc2ccccc21)N1CCC2(CCOC2)C1. The molecule has 118 valence electrons. The van der Waals surface area contributed by atoms with Gasteiger partial charge < -0.3 is 15.0 Å². The Hall–Kier alpha value is -1.55. The number of nitrogens with zero attached hydrogens (tertiary/aromatic N) is 2. The molecule has 0 radical (unpaired) electrons. The fourth-order valence-corrected chi connectivity index (χ4v) is 4.18. The van der Waals surface area contributed by atoms with E-state index < -0.39 is 0 Å². The second kappa shape index (κ2) is 5.58. The molecule has 0 saturated carbocycles. The third-order valence-corrected chi connectivity index (χ3v) is 5.60. The molecule has 2 unspecified atom stereocenters. The molecular formula is C18H25N3O. The van der Waals surface area contributed by atoms with Crippen LogP contribution >= 0.6 is 0 Å². The van der Waals surface area contributed by atoms with Crippen LogP contribution in [0.1, 0.15) is 29.9 Å². The van der Waals surface area contributed by atoms with E-state index in [2.05, 4.69) is 39.5 Å². The van der Waals surface area contributed by atoms with E-state index in [0.717, 1.165) is 38.8 Å². The molecule has 1 aromatic rings. The summed E-state index contributed by atoms with van der Waals surface area (Å²) < 4.78 is 5.62. The zero-order chi connectivity index (χ0) is 15.0. The number of likely N-dealkylation sites (tertiary alicyclic amines) is 1. The van der Waals surface area contributed by atoms with E-state index >= 15 is 0 Å². The van der Waals surface area contributed by atoms with Gasteiger partial charge in [0, 0.05) is 44.6 Å². The maximum Gasteiger partial charge on any atom is 0.193 e. The highest BCUT2D eigenvalue weighted by Gasteiger charge is 2.42. The Bertz CT molecular complexity index is 577. The van der Waals surface area contributed by atoms with Gasteiger partial charge in [0.2, 0.25) is 0 Å². The van der Waals surface area contributed by atoms with Gasteiger partial charge in [-0.15, -0.1) is 0 Å². The van der Waals surface area contributed by atoms with Gasteiger partial charge in [-0.3, -0.25) is 4.99 Å². The molecule has 0 bridgehead atoms. The first kappa shape index (κ1) is 14.1.